The molecule has 1 amide bonds. The monoisotopic (exact) mass is 260 g/mol. The van der Waals surface area contributed by atoms with Crippen molar-refractivity contribution in [3.05, 3.63) is 35.9 Å². The van der Waals surface area contributed by atoms with Crippen molar-refractivity contribution in [1.29, 1.82) is 0 Å². The van der Waals surface area contributed by atoms with Crippen molar-refractivity contribution in [2.75, 3.05) is 13.1 Å². The molecule has 1 aliphatic heterocycles. The molecule has 1 saturated heterocycles. The highest BCUT2D eigenvalue weighted by Gasteiger charge is 2.23. The van der Waals surface area contributed by atoms with Gasteiger partial charge in [0, 0.05) is 0 Å². The summed E-state index contributed by atoms with van der Waals surface area (Å²) < 4.78 is 0. The Balaban J connectivity index is 1.89. The molecule has 1 heterocycles. The van der Waals surface area contributed by atoms with Crippen LogP contribution in [0.15, 0.2) is 30.3 Å². The van der Waals surface area contributed by atoms with Gasteiger partial charge in [0.1, 0.15) is 0 Å². The van der Waals surface area contributed by atoms with Crippen molar-refractivity contribution in [1.82, 2.24) is 10.2 Å². The van der Waals surface area contributed by atoms with Gasteiger partial charge in [0.05, 0.1) is 12.1 Å². The molecule has 0 aromatic heterocycles. The van der Waals surface area contributed by atoms with Crippen LogP contribution in [-0.4, -0.2) is 29.9 Å². The standard InChI is InChI=1S/C16H24N2O/c1-13(15-9-5-3-6-10-15)17-16(19)14(2)18-11-7-4-8-12-18/h3,5-6,9-10,13-14H,4,7-8,11-12H2,1-2H3,(H,17,19)/t13-,14-/m1/s1. The predicted molar refractivity (Wildman–Crippen MR) is 77.9 cm³/mol. The second-order valence-corrected chi connectivity index (χ2v) is 5.41. The molecule has 0 radical (unpaired) electrons. The minimum absolute atomic E-state index is 0.0218. The molecule has 2 rings (SSSR count). The number of nitrogens with zero attached hydrogens (tertiary/aromatic N) is 1. The summed E-state index contributed by atoms with van der Waals surface area (Å²) >= 11 is 0. The smallest absolute Gasteiger partial charge is 0.237 e. The van der Waals surface area contributed by atoms with Gasteiger partial charge in [0.25, 0.3) is 0 Å². The van der Waals surface area contributed by atoms with Gasteiger partial charge < -0.3 is 5.32 Å². The van der Waals surface area contributed by atoms with E-state index in [2.05, 4.69) is 22.3 Å². The Morgan fingerprint density at radius 1 is 1.11 bits per heavy atom. The molecule has 3 nitrogen and oxygen atoms in total. The Morgan fingerprint density at radius 3 is 2.37 bits per heavy atom. The molecule has 1 aromatic rings. The lowest BCUT2D eigenvalue weighted by atomic mass is 10.1. The first-order valence-corrected chi connectivity index (χ1v) is 7.28. The van der Waals surface area contributed by atoms with Gasteiger partial charge in [-0.2, -0.15) is 0 Å². The Morgan fingerprint density at radius 2 is 1.74 bits per heavy atom. The van der Waals surface area contributed by atoms with Crippen LogP contribution in [0.3, 0.4) is 0 Å². The van der Waals surface area contributed by atoms with Crippen LogP contribution in [0.4, 0.5) is 0 Å². The molecular formula is C16H24N2O. The highest BCUT2D eigenvalue weighted by Crippen LogP contribution is 2.15. The average Bonchev–Trinajstić information content (AvgIpc) is 2.48. The molecule has 0 unspecified atom stereocenters. The highest BCUT2D eigenvalue weighted by molar-refractivity contribution is 5.81. The lowest BCUT2D eigenvalue weighted by Crippen LogP contribution is -2.47. The number of hydrogen-bond donors (Lipinski definition) is 1. The second kappa shape index (κ2) is 6.71. The number of benzene rings is 1. The third kappa shape index (κ3) is 3.80. The van der Waals surface area contributed by atoms with Gasteiger partial charge in [-0.15, -0.1) is 0 Å². The fourth-order valence-electron chi connectivity index (χ4n) is 2.63. The van der Waals surface area contributed by atoms with E-state index in [9.17, 15) is 4.79 Å². The van der Waals surface area contributed by atoms with E-state index in [1.807, 2.05) is 32.0 Å². The maximum absolute atomic E-state index is 12.3. The third-order valence-electron chi connectivity index (χ3n) is 3.98. The molecule has 1 aromatic carbocycles. The molecule has 104 valence electrons. The largest absolute Gasteiger partial charge is 0.348 e. The van der Waals surface area contributed by atoms with Crippen LogP contribution in [0, 0.1) is 0 Å². The Bertz CT molecular complexity index is 398. The van der Waals surface area contributed by atoms with Crippen LogP contribution in [0.25, 0.3) is 0 Å². The summed E-state index contributed by atoms with van der Waals surface area (Å²) in [7, 11) is 0. The van der Waals surface area contributed by atoms with Crippen molar-refractivity contribution in [2.24, 2.45) is 0 Å². The number of carbonyl (C=O) groups excluding carboxylic acids is 1. The molecule has 3 heteroatoms. The number of carbonyl (C=O) groups is 1. The normalized spacial score (nSPS) is 19.7. The van der Waals surface area contributed by atoms with Gasteiger partial charge >= 0.3 is 0 Å². The van der Waals surface area contributed by atoms with Crippen LogP contribution in [0.1, 0.15) is 44.7 Å². The molecule has 1 aliphatic rings. The molecule has 0 saturated carbocycles. The van der Waals surface area contributed by atoms with Gasteiger partial charge in [0.2, 0.25) is 5.91 Å². The van der Waals surface area contributed by atoms with Gasteiger partial charge in [-0.05, 0) is 45.3 Å². The maximum Gasteiger partial charge on any atom is 0.237 e. The van der Waals surface area contributed by atoms with E-state index in [1.54, 1.807) is 0 Å². The van der Waals surface area contributed by atoms with Crippen molar-refractivity contribution >= 4 is 5.91 Å². The zero-order chi connectivity index (χ0) is 13.7. The number of piperidine rings is 1. The molecule has 0 bridgehead atoms. The average molecular weight is 260 g/mol. The van der Waals surface area contributed by atoms with E-state index in [-0.39, 0.29) is 18.0 Å². The summed E-state index contributed by atoms with van der Waals surface area (Å²) in [4.78, 5) is 14.6. The zero-order valence-corrected chi connectivity index (χ0v) is 11.9. The van der Waals surface area contributed by atoms with Crippen molar-refractivity contribution in [2.45, 2.75) is 45.2 Å². The first-order chi connectivity index (χ1) is 9.18. The number of nitrogens with one attached hydrogen (secondary N) is 1. The number of amides is 1. The summed E-state index contributed by atoms with van der Waals surface area (Å²) in [6.07, 6.45) is 3.73. The quantitative estimate of drug-likeness (QED) is 0.903. The van der Waals surface area contributed by atoms with Crippen LogP contribution in [0.2, 0.25) is 0 Å². The summed E-state index contributed by atoms with van der Waals surface area (Å²) in [5, 5.41) is 3.11. The summed E-state index contributed by atoms with van der Waals surface area (Å²) in [5.41, 5.74) is 1.15. The van der Waals surface area contributed by atoms with E-state index in [1.165, 1.54) is 19.3 Å². The van der Waals surface area contributed by atoms with E-state index in [0.717, 1.165) is 18.7 Å². The van der Waals surface area contributed by atoms with Crippen LogP contribution >= 0.6 is 0 Å². The second-order valence-electron chi connectivity index (χ2n) is 5.41. The zero-order valence-electron chi connectivity index (χ0n) is 11.9. The van der Waals surface area contributed by atoms with E-state index < -0.39 is 0 Å². The maximum atomic E-state index is 12.3. The van der Waals surface area contributed by atoms with Crippen molar-refractivity contribution in [3.8, 4) is 0 Å². The lowest BCUT2D eigenvalue weighted by Gasteiger charge is -2.32. The topological polar surface area (TPSA) is 32.3 Å². The highest BCUT2D eigenvalue weighted by atomic mass is 16.2. The fourth-order valence-corrected chi connectivity index (χ4v) is 2.63. The van der Waals surface area contributed by atoms with Crippen molar-refractivity contribution in [3.63, 3.8) is 0 Å². The van der Waals surface area contributed by atoms with Gasteiger partial charge in [0.15, 0.2) is 0 Å². The Hall–Kier alpha value is -1.35. The van der Waals surface area contributed by atoms with Crippen molar-refractivity contribution < 1.29 is 4.79 Å². The van der Waals surface area contributed by atoms with Crippen LogP contribution < -0.4 is 5.32 Å². The van der Waals surface area contributed by atoms with Gasteiger partial charge in [-0.3, -0.25) is 9.69 Å². The molecule has 2 atom stereocenters. The van der Waals surface area contributed by atoms with E-state index >= 15 is 0 Å². The van der Waals surface area contributed by atoms with E-state index in [4.69, 9.17) is 0 Å². The number of rotatable bonds is 4. The first-order valence-electron chi connectivity index (χ1n) is 7.28. The SMILES string of the molecule is C[C@H](C(=O)N[C@H](C)c1ccccc1)N1CCCCC1. The molecule has 19 heavy (non-hydrogen) atoms. The number of likely N-dealkylation sites (tertiary alicyclic amines) is 1. The minimum Gasteiger partial charge on any atom is -0.348 e. The van der Waals surface area contributed by atoms with Gasteiger partial charge in [-0.1, -0.05) is 36.8 Å². The minimum atomic E-state index is -0.0218. The summed E-state index contributed by atoms with van der Waals surface area (Å²) in [5.74, 6) is 0.137. The molecule has 1 fully saturated rings. The molecular weight excluding hydrogens is 236 g/mol. The fraction of sp³-hybridized carbons (Fsp3) is 0.562. The van der Waals surface area contributed by atoms with Crippen LogP contribution in [-0.2, 0) is 4.79 Å². The molecule has 0 spiro atoms. The summed E-state index contributed by atoms with van der Waals surface area (Å²) in [6, 6.07) is 10.2. The third-order valence-corrected chi connectivity index (χ3v) is 3.98. The van der Waals surface area contributed by atoms with Crippen LogP contribution in [0.5, 0.6) is 0 Å². The van der Waals surface area contributed by atoms with Gasteiger partial charge in [-0.25, -0.2) is 0 Å². The first kappa shape index (κ1) is 14.1. The van der Waals surface area contributed by atoms with E-state index in [0.29, 0.717) is 0 Å². The number of hydrogen-bond acceptors (Lipinski definition) is 2. The molecule has 0 aliphatic carbocycles. The molecule has 1 N–H and O–H groups in total. The Kier molecular flexibility index (Phi) is 4.97. The predicted octanol–water partition coefficient (Wildman–Crippen LogP) is 2.74. The lowest BCUT2D eigenvalue weighted by molar-refractivity contribution is -0.126. The summed E-state index contributed by atoms with van der Waals surface area (Å²) in [6.45, 7) is 6.15. The Labute approximate surface area is 116 Å².